The first-order valence-electron chi connectivity index (χ1n) is 13.5. The van der Waals surface area contributed by atoms with Crippen molar-refractivity contribution in [2.75, 3.05) is 0 Å². The number of ether oxygens (including phenoxy) is 3. The molecule has 8 rings (SSSR count). The van der Waals surface area contributed by atoms with E-state index in [2.05, 4.69) is 26.5 Å². The number of fused-ring (bicyclic) bond motifs is 10. The molecule has 8 aliphatic rings. The lowest BCUT2D eigenvalue weighted by molar-refractivity contribution is -0.151. The van der Waals surface area contributed by atoms with E-state index in [1.54, 1.807) is 0 Å². The van der Waals surface area contributed by atoms with Crippen molar-refractivity contribution < 1.29 is 28.9 Å². The first-order valence-corrected chi connectivity index (χ1v) is 13.5. The minimum atomic E-state index is -0.948. The Labute approximate surface area is 205 Å². The maximum absolute atomic E-state index is 14.0. The Morgan fingerprint density at radius 1 is 1.14 bits per heavy atom. The van der Waals surface area contributed by atoms with Crippen molar-refractivity contribution in [3.63, 3.8) is 0 Å². The zero-order valence-corrected chi connectivity index (χ0v) is 20.8. The molecule has 6 heteroatoms. The van der Waals surface area contributed by atoms with Crippen molar-refractivity contribution in [1.29, 1.82) is 0 Å². The van der Waals surface area contributed by atoms with Crippen LogP contribution in [0.3, 0.4) is 0 Å². The van der Waals surface area contributed by atoms with E-state index in [4.69, 9.17) is 14.2 Å². The molecule has 11 atom stereocenters. The second kappa shape index (κ2) is 5.96. The van der Waals surface area contributed by atoms with Crippen LogP contribution in [0.4, 0.5) is 0 Å². The molecule has 0 aromatic rings. The van der Waals surface area contributed by atoms with Gasteiger partial charge in [0.1, 0.15) is 17.8 Å². The summed E-state index contributed by atoms with van der Waals surface area (Å²) in [5.41, 5.74) is 1.95. The van der Waals surface area contributed by atoms with Crippen LogP contribution in [0, 0.1) is 35.0 Å². The SMILES string of the molecule is C=C1C(=O)O[C@@H]2C3=C([C@H]4C[C@@H]3[C@]3(C4)C(=O)O[C@H]4[C@H]3CC[C@]3(C)O[C@@]35CC=C(C)[C@H]45)[C@@](C)(O)CC[C@@H]12. The van der Waals surface area contributed by atoms with E-state index < -0.39 is 17.1 Å². The number of epoxide rings is 1. The van der Waals surface area contributed by atoms with Gasteiger partial charge in [0, 0.05) is 29.2 Å². The summed E-state index contributed by atoms with van der Waals surface area (Å²) in [6.45, 7) is 10.4. The van der Waals surface area contributed by atoms with Crippen LogP contribution in [0.25, 0.3) is 0 Å². The van der Waals surface area contributed by atoms with Gasteiger partial charge >= 0.3 is 11.9 Å². The molecule has 0 amide bonds. The summed E-state index contributed by atoms with van der Waals surface area (Å²) in [6.07, 6.45) is 7.28. The molecule has 6 nitrogen and oxygen atoms in total. The molecule has 3 heterocycles. The fourth-order valence-electron chi connectivity index (χ4n) is 10.4. The minimum absolute atomic E-state index is 0.0504. The number of esters is 2. The van der Waals surface area contributed by atoms with Crippen molar-refractivity contribution in [3.05, 3.63) is 34.9 Å². The van der Waals surface area contributed by atoms with Crippen molar-refractivity contribution in [2.24, 2.45) is 35.0 Å². The van der Waals surface area contributed by atoms with Crippen LogP contribution in [0.2, 0.25) is 0 Å². The predicted molar refractivity (Wildman–Crippen MR) is 125 cm³/mol. The van der Waals surface area contributed by atoms with E-state index in [-0.39, 0.29) is 58.8 Å². The summed E-state index contributed by atoms with van der Waals surface area (Å²) in [7, 11) is 0. The van der Waals surface area contributed by atoms with Gasteiger partial charge in [-0.2, -0.15) is 0 Å². The summed E-state index contributed by atoms with van der Waals surface area (Å²) in [5.74, 6) is -0.220. The van der Waals surface area contributed by atoms with E-state index in [0.29, 0.717) is 18.4 Å². The Morgan fingerprint density at radius 3 is 2.74 bits per heavy atom. The Kier molecular flexibility index (Phi) is 3.61. The van der Waals surface area contributed by atoms with Crippen LogP contribution in [0.1, 0.15) is 65.7 Å². The lowest BCUT2D eigenvalue weighted by atomic mass is 9.59. The maximum Gasteiger partial charge on any atom is 0.334 e. The van der Waals surface area contributed by atoms with Gasteiger partial charge in [0.15, 0.2) is 0 Å². The average Bonchev–Trinajstić information content (AvgIpc) is 3.26. The quantitative estimate of drug-likeness (QED) is 0.247. The van der Waals surface area contributed by atoms with E-state index in [9.17, 15) is 14.7 Å². The smallest absolute Gasteiger partial charge is 0.334 e. The van der Waals surface area contributed by atoms with E-state index in [0.717, 1.165) is 43.3 Å². The summed E-state index contributed by atoms with van der Waals surface area (Å²) in [6, 6.07) is 0. The molecule has 3 aliphatic heterocycles. The van der Waals surface area contributed by atoms with E-state index in [1.807, 2.05) is 6.92 Å². The topological polar surface area (TPSA) is 85.4 Å². The molecule has 3 saturated heterocycles. The average molecular weight is 479 g/mol. The van der Waals surface area contributed by atoms with Gasteiger partial charge in [-0.05, 0) is 82.8 Å². The Balaban J connectivity index is 1.26. The molecule has 5 fully saturated rings. The third-order valence-electron chi connectivity index (χ3n) is 11.9. The summed E-state index contributed by atoms with van der Waals surface area (Å²) in [5, 5.41) is 11.6. The first-order chi connectivity index (χ1) is 16.5. The number of rotatable bonds is 0. The molecule has 2 spiro atoms. The number of carbonyl (C=O) groups excluding carboxylic acids is 2. The molecule has 2 saturated carbocycles. The molecule has 0 aromatic carbocycles. The Morgan fingerprint density at radius 2 is 1.94 bits per heavy atom. The fourth-order valence-corrected chi connectivity index (χ4v) is 10.4. The summed E-state index contributed by atoms with van der Waals surface area (Å²) in [4.78, 5) is 26.6. The summed E-state index contributed by atoms with van der Waals surface area (Å²) < 4.78 is 18.8. The van der Waals surface area contributed by atoms with Crippen LogP contribution in [-0.2, 0) is 23.8 Å². The zero-order valence-electron chi connectivity index (χ0n) is 20.8. The third-order valence-corrected chi connectivity index (χ3v) is 11.9. The van der Waals surface area contributed by atoms with Crippen LogP contribution in [0.5, 0.6) is 0 Å². The highest BCUT2D eigenvalue weighted by atomic mass is 16.6. The normalized spacial score (nSPS) is 57.1. The Hall–Kier alpha value is -1.92. The Bertz CT molecular complexity index is 1190. The first kappa shape index (κ1) is 21.2. The van der Waals surface area contributed by atoms with Crippen molar-refractivity contribution in [3.8, 4) is 0 Å². The van der Waals surface area contributed by atoms with Crippen LogP contribution in [0.15, 0.2) is 34.9 Å². The zero-order chi connectivity index (χ0) is 24.3. The molecular weight excluding hydrogens is 444 g/mol. The lowest BCUT2D eigenvalue weighted by Gasteiger charge is -2.42. The monoisotopic (exact) mass is 478 g/mol. The molecular formula is C29H34O6. The molecule has 35 heavy (non-hydrogen) atoms. The number of aliphatic hydroxyl groups is 1. The molecule has 0 aromatic heterocycles. The lowest BCUT2D eigenvalue weighted by Crippen LogP contribution is -2.45. The van der Waals surface area contributed by atoms with Crippen molar-refractivity contribution >= 4 is 11.9 Å². The van der Waals surface area contributed by atoms with Gasteiger partial charge in [0.25, 0.3) is 0 Å². The van der Waals surface area contributed by atoms with Gasteiger partial charge in [0.05, 0.1) is 16.6 Å². The molecule has 1 N–H and O–H groups in total. The van der Waals surface area contributed by atoms with Gasteiger partial charge < -0.3 is 19.3 Å². The minimum Gasteiger partial charge on any atom is -0.461 e. The standard InChI is InChI=1S/C29H34O6/c1-13-5-10-29-20(13)23-17(7-9-27(29,4)35-29)28(25(31)34-23)12-15-11-18(28)19-21(15)26(3,32)8-6-16-14(2)24(30)33-22(16)19/h5,15-18,20,22-23,32H,2,6-12H2,1,3-4H3/t15-,16-,17+,18-,20+,22-,23-,26-,27-,28+,29+/m0/s1. The molecule has 5 aliphatic carbocycles. The van der Waals surface area contributed by atoms with E-state index >= 15 is 0 Å². The van der Waals surface area contributed by atoms with Crippen molar-refractivity contribution in [2.45, 2.75) is 94.7 Å². The highest BCUT2D eigenvalue weighted by Gasteiger charge is 2.80. The second-order valence-corrected chi connectivity index (χ2v) is 13.2. The van der Waals surface area contributed by atoms with Crippen molar-refractivity contribution in [1.82, 2.24) is 0 Å². The largest absolute Gasteiger partial charge is 0.461 e. The van der Waals surface area contributed by atoms with Crippen LogP contribution >= 0.6 is 0 Å². The predicted octanol–water partition coefficient (Wildman–Crippen LogP) is 3.78. The van der Waals surface area contributed by atoms with Gasteiger partial charge in [-0.3, -0.25) is 4.79 Å². The number of carbonyl (C=O) groups is 2. The number of hydrogen-bond donors (Lipinski definition) is 1. The highest BCUT2D eigenvalue weighted by molar-refractivity contribution is 5.91. The summed E-state index contributed by atoms with van der Waals surface area (Å²) >= 11 is 0. The van der Waals surface area contributed by atoms with E-state index in [1.165, 1.54) is 5.57 Å². The third kappa shape index (κ3) is 2.15. The molecule has 0 unspecified atom stereocenters. The van der Waals surface area contributed by atoms with Gasteiger partial charge in [0.2, 0.25) is 0 Å². The molecule has 186 valence electrons. The molecule has 2 bridgehead atoms. The molecule has 0 radical (unpaired) electrons. The van der Waals surface area contributed by atoms with Crippen LogP contribution < -0.4 is 0 Å². The number of hydrogen-bond acceptors (Lipinski definition) is 6. The second-order valence-electron chi connectivity index (χ2n) is 13.2. The fraction of sp³-hybridized carbons (Fsp3) is 0.724. The van der Waals surface area contributed by atoms with Gasteiger partial charge in [-0.15, -0.1) is 0 Å². The van der Waals surface area contributed by atoms with Crippen LogP contribution in [-0.4, -0.2) is 46.1 Å². The highest BCUT2D eigenvalue weighted by Crippen LogP contribution is 2.74. The van der Waals surface area contributed by atoms with Gasteiger partial charge in [-0.25, -0.2) is 4.79 Å². The van der Waals surface area contributed by atoms with Gasteiger partial charge in [-0.1, -0.05) is 18.2 Å². The maximum atomic E-state index is 14.0.